The van der Waals surface area contributed by atoms with Gasteiger partial charge >= 0.3 is 0 Å². The van der Waals surface area contributed by atoms with Crippen LogP contribution in [0.25, 0.3) is 10.2 Å². The molecule has 0 bridgehead atoms. The highest BCUT2D eigenvalue weighted by atomic mass is 32.2. The van der Waals surface area contributed by atoms with Gasteiger partial charge in [-0.15, -0.1) is 23.1 Å². The van der Waals surface area contributed by atoms with E-state index < -0.39 is 0 Å². The topological polar surface area (TPSA) is 37.8 Å². The zero-order valence-electron chi connectivity index (χ0n) is 12.1. The number of thiophene rings is 1. The molecule has 0 unspecified atom stereocenters. The molecule has 3 aromatic rings. The molecule has 0 spiro atoms. The number of hydrogen-bond donors (Lipinski definition) is 1. The maximum absolute atomic E-state index is 4.70. The lowest BCUT2D eigenvalue weighted by atomic mass is 10.3. The molecule has 0 saturated carbocycles. The van der Waals surface area contributed by atoms with Gasteiger partial charge in [-0.3, -0.25) is 0 Å². The second-order valence-electron chi connectivity index (χ2n) is 4.70. The first-order chi connectivity index (χ1) is 10.3. The van der Waals surface area contributed by atoms with E-state index in [0.29, 0.717) is 0 Å². The molecule has 1 N–H and O–H groups in total. The molecule has 21 heavy (non-hydrogen) atoms. The fourth-order valence-electron chi connectivity index (χ4n) is 2.12. The monoisotopic (exact) mass is 315 g/mol. The molecule has 2 aromatic heterocycles. The van der Waals surface area contributed by atoms with Gasteiger partial charge in [0.25, 0.3) is 0 Å². The fourth-order valence-corrected chi connectivity index (χ4v) is 3.79. The second kappa shape index (κ2) is 6.45. The summed E-state index contributed by atoms with van der Waals surface area (Å²) >= 11 is 3.50. The molecule has 0 aliphatic rings. The zero-order chi connectivity index (χ0) is 14.7. The van der Waals surface area contributed by atoms with E-state index >= 15 is 0 Å². The predicted molar refractivity (Wildman–Crippen MR) is 92.3 cm³/mol. The molecule has 3 nitrogen and oxygen atoms in total. The molecule has 0 fully saturated rings. The molecule has 1 aromatic carbocycles. The van der Waals surface area contributed by atoms with Gasteiger partial charge in [-0.2, -0.15) is 0 Å². The molecule has 0 aliphatic carbocycles. The number of aryl methyl sites for hydroxylation is 1. The van der Waals surface area contributed by atoms with Crippen LogP contribution in [0, 0.1) is 6.92 Å². The van der Waals surface area contributed by atoms with E-state index in [1.165, 1.54) is 9.77 Å². The molecular weight excluding hydrogens is 298 g/mol. The van der Waals surface area contributed by atoms with Crippen LogP contribution in [-0.4, -0.2) is 16.5 Å². The average Bonchev–Trinajstić information content (AvgIpc) is 2.87. The van der Waals surface area contributed by atoms with Gasteiger partial charge in [0.15, 0.2) is 0 Å². The van der Waals surface area contributed by atoms with E-state index in [9.17, 15) is 0 Å². The summed E-state index contributed by atoms with van der Waals surface area (Å²) in [6.07, 6.45) is 0. The third-order valence-corrected chi connectivity index (χ3v) is 4.97. The van der Waals surface area contributed by atoms with Crippen LogP contribution in [0.15, 0.2) is 41.3 Å². The maximum Gasteiger partial charge on any atom is 0.142 e. The van der Waals surface area contributed by atoms with Crippen LogP contribution < -0.4 is 5.32 Å². The van der Waals surface area contributed by atoms with Crippen LogP contribution in [0.4, 0.5) is 5.82 Å². The Morgan fingerprint density at radius 1 is 1.19 bits per heavy atom. The molecule has 2 heterocycles. The number of fused-ring (bicyclic) bond motifs is 1. The van der Waals surface area contributed by atoms with Crippen molar-refractivity contribution in [3.8, 4) is 0 Å². The number of hydrogen-bond acceptors (Lipinski definition) is 5. The largest absolute Gasteiger partial charge is 0.370 e. The Morgan fingerprint density at radius 3 is 2.76 bits per heavy atom. The van der Waals surface area contributed by atoms with Crippen LogP contribution in [-0.2, 0) is 5.75 Å². The summed E-state index contributed by atoms with van der Waals surface area (Å²) in [5, 5.41) is 4.48. The van der Waals surface area contributed by atoms with E-state index in [1.807, 2.05) is 6.07 Å². The number of thioether (sulfide) groups is 1. The van der Waals surface area contributed by atoms with Gasteiger partial charge in [-0.05, 0) is 32.0 Å². The lowest BCUT2D eigenvalue weighted by Crippen LogP contribution is -2.03. The molecule has 0 atom stereocenters. The van der Waals surface area contributed by atoms with Crippen LogP contribution in [0.3, 0.4) is 0 Å². The first-order valence-electron chi connectivity index (χ1n) is 6.95. The highest BCUT2D eigenvalue weighted by molar-refractivity contribution is 7.98. The van der Waals surface area contributed by atoms with Crippen LogP contribution >= 0.6 is 23.1 Å². The van der Waals surface area contributed by atoms with Gasteiger partial charge in [-0.25, -0.2) is 9.97 Å². The van der Waals surface area contributed by atoms with Crippen molar-refractivity contribution in [2.24, 2.45) is 0 Å². The van der Waals surface area contributed by atoms with Crippen molar-refractivity contribution >= 4 is 39.1 Å². The van der Waals surface area contributed by atoms with Crippen LogP contribution in [0.2, 0.25) is 0 Å². The van der Waals surface area contributed by atoms with Crippen molar-refractivity contribution in [3.63, 3.8) is 0 Å². The normalized spacial score (nSPS) is 11.0. The first-order valence-corrected chi connectivity index (χ1v) is 8.75. The van der Waals surface area contributed by atoms with Gasteiger partial charge in [-0.1, -0.05) is 18.2 Å². The minimum absolute atomic E-state index is 0.787. The molecule has 108 valence electrons. The quantitative estimate of drug-likeness (QED) is 0.691. The summed E-state index contributed by atoms with van der Waals surface area (Å²) in [4.78, 5) is 13.0. The first kappa shape index (κ1) is 14.4. The highest BCUT2D eigenvalue weighted by Crippen LogP contribution is 2.30. The summed E-state index contributed by atoms with van der Waals surface area (Å²) in [6, 6.07) is 12.5. The molecular formula is C16H17N3S2. The standard InChI is InChI=1S/C16H17N3S2/c1-3-17-15-13-9-11(2)21-16(13)19-14(18-15)10-20-12-7-5-4-6-8-12/h4-9H,3,10H2,1-2H3,(H,17,18,19). The number of benzene rings is 1. The molecule has 0 aliphatic heterocycles. The maximum atomic E-state index is 4.70. The Hall–Kier alpha value is -1.59. The summed E-state index contributed by atoms with van der Waals surface area (Å²) in [5.74, 6) is 2.62. The summed E-state index contributed by atoms with van der Waals surface area (Å²) < 4.78 is 0. The summed E-state index contributed by atoms with van der Waals surface area (Å²) in [5.41, 5.74) is 0. The SMILES string of the molecule is CCNc1nc(CSc2ccccc2)nc2sc(C)cc12. The average molecular weight is 315 g/mol. The van der Waals surface area contributed by atoms with Gasteiger partial charge in [0, 0.05) is 16.3 Å². The summed E-state index contributed by atoms with van der Waals surface area (Å²) in [6.45, 7) is 5.07. The Labute approximate surface area is 132 Å². The summed E-state index contributed by atoms with van der Waals surface area (Å²) in [7, 11) is 0. The fraction of sp³-hybridized carbons (Fsp3) is 0.250. The van der Waals surface area contributed by atoms with Crippen LogP contribution in [0.1, 0.15) is 17.6 Å². The van der Waals surface area contributed by atoms with E-state index in [-0.39, 0.29) is 0 Å². The Balaban J connectivity index is 1.88. The van der Waals surface area contributed by atoms with Crippen molar-refractivity contribution in [2.45, 2.75) is 24.5 Å². The third kappa shape index (κ3) is 3.36. The van der Waals surface area contributed by atoms with Crippen molar-refractivity contribution in [2.75, 3.05) is 11.9 Å². The molecule has 0 radical (unpaired) electrons. The van der Waals surface area contributed by atoms with E-state index in [4.69, 9.17) is 4.98 Å². The highest BCUT2D eigenvalue weighted by Gasteiger charge is 2.10. The van der Waals surface area contributed by atoms with E-state index in [1.54, 1.807) is 23.1 Å². The number of rotatable bonds is 5. The second-order valence-corrected chi connectivity index (χ2v) is 6.98. The van der Waals surface area contributed by atoms with Crippen molar-refractivity contribution in [3.05, 3.63) is 47.1 Å². The molecule has 5 heteroatoms. The number of anilines is 1. The Bertz CT molecular complexity index is 738. The van der Waals surface area contributed by atoms with Gasteiger partial charge in [0.1, 0.15) is 16.5 Å². The lowest BCUT2D eigenvalue weighted by Gasteiger charge is -2.07. The van der Waals surface area contributed by atoms with E-state index in [2.05, 4.69) is 54.5 Å². The lowest BCUT2D eigenvalue weighted by molar-refractivity contribution is 1.05. The van der Waals surface area contributed by atoms with Gasteiger partial charge < -0.3 is 5.32 Å². The Kier molecular flexibility index (Phi) is 4.41. The minimum Gasteiger partial charge on any atom is -0.370 e. The third-order valence-electron chi connectivity index (χ3n) is 3.02. The van der Waals surface area contributed by atoms with E-state index in [0.717, 1.165) is 34.2 Å². The van der Waals surface area contributed by atoms with Crippen molar-refractivity contribution < 1.29 is 0 Å². The number of nitrogens with zero attached hydrogens (tertiary/aromatic N) is 2. The minimum atomic E-state index is 0.787. The molecule has 0 amide bonds. The Morgan fingerprint density at radius 2 is 2.00 bits per heavy atom. The molecule has 3 rings (SSSR count). The molecule has 0 saturated heterocycles. The van der Waals surface area contributed by atoms with Gasteiger partial charge in [0.05, 0.1) is 11.1 Å². The zero-order valence-corrected chi connectivity index (χ0v) is 13.7. The van der Waals surface area contributed by atoms with Gasteiger partial charge in [0.2, 0.25) is 0 Å². The smallest absolute Gasteiger partial charge is 0.142 e. The van der Waals surface area contributed by atoms with Crippen molar-refractivity contribution in [1.82, 2.24) is 9.97 Å². The van der Waals surface area contributed by atoms with Crippen LogP contribution in [0.5, 0.6) is 0 Å². The number of nitrogens with one attached hydrogen (secondary N) is 1. The predicted octanol–water partition coefficient (Wildman–Crippen LogP) is 4.72. The van der Waals surface area contributed by atoms with Crippen molar-refractivity contribution in [1.29, 1.82) is 0 Å². The number of aromatic nitrogens is 2.